The molecule has 150 valence electrons. The molecule has 2 atom stereocenters. The van der Waals surface area contributed by atoms with E-state index in [0.29, 0.717) is 31.5 Å². The molecule has 3 aliphatic heterocycles. The lowest BCUT2D eigenvalue weighted by Gasteiger charge is -2.30. The first-order valence-corrected chi connectivity index (χ1v) is 11.9. The van der Waals surface area contributed by atoms with Gasteiger partial charge in [0.15, 0.2) is 15.0 Å². The van der Waals surface area contributed by atoms with Gasteiger partial charge in [0.1, 0.15) is 0 Å². The molecule has 2 amide bonds. The van der Waals surface area contributed by atoms with E-state index < -0.39 is 9.84 Å². The maximum atomic E-state index is 12.6. The van der Waals surface area contributed by atoms with Crippen LogP contribution in [0.1, 0.15) is 23.2 Å². The minimum absolute atomic E-state index is 0.00307. The summed E-state index contributed by atoms with van der Waals surface area (Å²) in [5.74, 6) is -0.194. The van der Waals surface area contributed by atoms with Gasteiger partial charge in [0.05, 0.1) is 17.5 Å². The van der Waals surface area contributed by atoms with E-state index in [1.807, 2.05) is 12.1 Å². The van der Waals surface area contributed by atoms with Gasteiger partial charge in [-0.25, -0.2) is 8.42 Å². The zero-order chi connectivity index (χ0) is 19.9. The summed E-state index contributed by atoms with van der Waals surface area (Å²) in [5.41, 5.74) is 6.73. The fourth-order valence-corrected chi connectivity index (χ4v) is 7.46. The smallest absolute Gasteiger partial charge is 0.253 e. The predicted octanol–water partition coefficient (Wildman–Crippen LogP) is 0.704. The second-order valence-corrected chi connectivity index (χ2v) is 10.8. The molecular formula is C18H22N4O4S2. The second kappa shape index (κ2) is 7.40. The van der Waals surface area contributed by atoms with Crippen LogP contribution in [0.5, 0.6) is 0 Å². The molecule has 2 fully saturated rings. The number of carbonyl (C=O) groups excluding carboxylic acids is 2. The van der Waals surface area contributed by atoms with Gasteiger partial charge in [-0.1, -0.05) is 11.8 Å². The number of piperidine rings is 1. The van der Waals surface area contributed by atoms with Crippen LogP contribution in [0.25, 0.3) is 0 Å². The number of likely N-dealkylation sites (tertiary alicyclic amines) is 1. The van der Waals surface area contributed by atoms with Gasteiger partial charge in [-0.15, -0.1) is 0 Å². The van der Waals surface area contributed by atoms with Crippen LogP contribution in [-0.2, 0) is 14.6 Å². The minimum atomic E-state index is -2.96. The Kier molecular flexibility index (Phi) is 5.09. The first kappa shape index (κ1) is 19.3. The molecule has 1 aromatic carbocycles. The fourth-order valence-electron chi connectivity index (χ4n) is 3.79. The Balaban J connectivity index is 1.35. The van der Waals surface area contributed by atoms with Crippen LogP contribution in [0, 0.1) is 5.92 Å². The maximum absolute atomic E-state index is 12.6. The summed E-state index contributed by atoms with van der Waals surface area (Å²) in [5, 5.41) is 3.92. The van der Waals surface area contributed by atoms with Crippen LogP contribution in [0.3, 0.4) is 0 Å². The average molecular weight is 423 g/mol. The zero-order valence-electron chi connectivity index (χ0n) is 15.2. The fraction of sp³-hybridized carbons (Fsp3) is 0.500. The molecular weight excluding hydrogens is 400 g/mol. The largest absolute Gasteiger partial charge is 0.369 e. The number of sulfone groups is 1. The molecule has 3 aliphatic rings. The molecule has 0 radical (unpaired) electrons. The summed E-state index contributed by atoms with van der Waals surface area (Å²) in [6.07, 6.45) is 1.21. The van der Waals surface area contributed by atoms with Crippen molar-refractivity contribution in [3.05, 3.63) is 29.8 Å². The normalized spacial score (nSPS) is 26.6. The van der Waals surface area contributed by atoms with Crippen LogP contribution in [0.15, 0.2) is 29.3 Å². The molecule has 8 nitrogen and oxygen atoms in total. The molecule has 3 heterocycles. The van der Waals surface area contributed by atoms with E-state index in [-0.39, 0.29) is 40.5 Å². The standard InChI is InChI=1S/C18H22N4O4S2/c19-16(23)11-5-7-22(8-6-11)17(24)12-1-3-13(4-2-12)20-18-21-14-9-28(25,26)10-15(14)27-18/h1-4,11,14-15H,5-10H2,(H2,19,23)(H,20,21)/t14-,15-/m0/s1. The van der Waals surface area contributed by atoms with E-state index in [9.17, 15) is 18.0 Å². The van der Waals surface area contributed by atoms with Crippen molar-refractivity contribution >= 4 is 44.3 Å². The first-order chi connectivity index (χ1) is 13.3. The number of fused-ring (bicyclic) bond motifs is 1. The number of hydrogen-bond donors (Lipinski definition) is 2. The average Bonchev–Trinajstić information content (AvgIpc) is 3.14. The van der Waals surface area contributed by atoms with Gasteiger partial charge in [-0.2, -0.15) is 0 Å². The van der Waals surface area contributed by atoms with Crippen molar-refractivity contribution in [1.29, 1.82) is 0 Å². The summed E-state index contributed by atoms with van der Waals surface area (Å²) < 4.78 is 23.3. The van der Waals surface area contributed by atoms with Crippen molar-refractivity contribution in [3.8, 4) is 0 Å². The van der Waals surface area contributed by atoms with Gasteiger partial charge in [-0.05, 0) is 37.1 Å². The molecule has 0 unspecified atom stereocenters. The third-order valence-electron chi connectivity index (χ3n) is 5.39. The Morgan fingerprint density at radius 1 is 1.14 bits per heavy atom. The van der Waals surface area contributed by atoms with E-state index in [1.165, 1.54) is 11.8 Å². The van der Waals surface area contributed by atoms with Gasteiger partial charge in [0.2, 0.25) is 5.91 Å². The third kappa shape index (κ3) is 4.02. The summed E-state index contributed by atoms with van der Waals surface area (Å²) in [6.45, 7) is 1.07. The number of anilines is 1. The maximum Gasteiger partial charge on any atom is 0.253 e. The van der Waals surface area contributed by atoms with Gasteiger partial charge in [0.25, 0.3) is 5.91 Å². The SMILES string of the molecule is NC(=O)C1CCN(C(=O)c2ccc(NC3=N[C@H]4CS(=O)(=O)C[C@@H]4S3)cc2)CC1. The number of aliphatic imine (C=N–C) groups is 1. The van der Waals surface area contributed by atoms with E-state index >= 15 is 0 Å². The van der Waals surface area contributed by atoms with Crippen molar-refractivity contribution in [3.63, 3.8) is 0 Å². The van der Waals surface area contributed by atoms with Crippen molar-refractivity contribution in [1.82, 2.24) is 4.90 Å². The second-order valence-electron chi connectivity index (χ2n) is 7.41. The van der Waals surface area contributed by atoms with Gasteiger partial charge < -0.3 is 16.0 Å². The highest BCUT2D eigenvalue weighted by atomic mass is 32.2. The van der Waals surface area contributed by atoms with Crippen LogP contribution >= 0.6 is 11.8 Å². The predicted molar refractivity (Wildman–Crippen MR) is 109 cm³/mol. The topological polar surface area (TPSA) is 122 Å². The summed E-state index contributed by atoms with van der Waals surface area (Å²) in [4.78, 5) is 30.1. The molecule has 0 spiro atoms. The van der Waals surface area contributed by atoms with Crippen molar-refractivity contribution in [2.75, 3.05) is 29.9 Å². The number of amides is 2. The lowest BCUT2D eigenvalue weighted by atomic mass is 9.96. The zero-order valence-corrected chi connectivity index (χ0v) is 16.8. The van der Waals surface area contributed by atoms with Crippen molar-refractivity contribution in [2.24, 2.45) is 16.6 Å². The Morgan fingerprint density at radius 3 is 2.43 bits per heavy atom. The molecule has 0 aromatic heterocycles. The number of thioether (sulfide) groups is 1. The molecule has 4 rings (SSSR count). The number of nitrogens with zero attached hydrogens (tertiary/aromatic N) is 2. The quantitative estimate of drug-likeness (QED) is 0.740. The number of carbonyl (C=O) groups is 2. The number of nitrogens with one attached hydrogen (secondary N) is 1. The Labute approximate surface area is 167 Å². The lowest BCUT2D eigenvalue weighted by molar-refractivity contribution is -0.123. The van der Waals surface area contributed by atoms with Crippen LogP contribution in [0.4, 0.5) is 5.69 Å². The number of amidine groups is 1. The highest BCUT2D eigenvalue weighted by molar-refractivity contribution is 8.15. The first-order valence-electron chi connectivity index (χ1n) is 9.21. The number of hydrogen-bond acceptors (Lipinski definition) is 7. The molecule has 3 N–H and O–H groups in total. The molecule has 10 heteroatoms. The molecule has 0 bridgehead atoms. The number of benzene rings is 1. The lowest BCUT2D eigenvalue weighted by Crippen LogP contribution is -2.41. The van der Waals surface area contributed by atoms with Crippen LogP contribution in [0.2, 0.25) is 0 Å². The van der Waals surface area contributed by atoms with Gasteiger partial charge in [-0.3, -0.25) is 14.6 Å². The van der Waals surface area contributed by atoms with Crippen molar-refractivity contribution in [2.45, 2.75) is 24.1 Å². The summed E-state index contributed by atoms with van der Waals surface area (Å²) in [6, 6.07) is 6.99. The number of nitrogens with two attached hydrogens (primary N) is 1. The van der Waals surface area contributed by atoms with E-state index in [1.54, 1.807) is 17.0 Å². The van der Waals surface area contributed by atoms with Crippen molar-refractivity contribution < 1.29 is 18.0 Å². The molecule has 2 saturated heterocycles. The highest BCUT2D eigenvalue weighted by Gasteiger charge is 2.42. The molecule has 0 saturated carbocycles. The highest BCUT2D eigenvalue weighted by Crippen LogP contribution is 2.34. The minimum Gasteiger partial charge on any atom is -0.369 e. The summed E-state index contributed by atoms with van der Waals surface area (Å²) >= 11 is 1.46. The third-order valence-corrected chi connectivity index (χ3v) is 8.53. The van der Waals surface area contributed by atoms with Gasteiger partial charge in [0, 0.05) is 35.5 Å². The van der Waals surface area contributed by atoms with Gasteiger partial charge >= 0.3 is 0 Å². The monoisotopic (exact) mass is 422 g/mol. The molecule has 28 heavy (non-hydrogen) atoms. The van der Waals surface area contributed by atoms with E-state index in [2.05, 4.69) is 10.3 Å². The Bertz CT molecular complexity index is 921. The van der Waals surface area contributed by atoms with Crippen LogP contribution < -0.4 is 11.1 Å². The molecule has 0 aliphatic carbocycles. The van der Waals surface area contributed by atoms with Crippen LogP contribution in [-0.4, -0.2) is 66.2 Å². The number of primary amides is 1. The Morgan fingerprint density at radius 2 is 1.82 bits per heavy atom. The van der Waals surface area contributed by atoms with E-state index in [0.717, 1.165) is 10.9 Å². The Hall–Kier alpha value is -2.07. The van der Waals surface area contributed by atoms with E-state index in [4.69, 9.17) is 5.73 Å². The number of rotatable bonds is 3. The molecule has 1 aromatic rings. The summed E-state index contributed by atoms with van der Waals surface area (Å²) in [7, 11) is -2.96.